The Balaban J connectivity index is 1.70. The van der Waals surface area contributed by atoms with Crippen LogP contribution in [0.1, 0.15) is 37.7 Å². The first-order chi connectivity index (χ1) is 12.1. The number of nitrogens with zero attached hydrogens (tertiary/aromatic N) is 1. The van der Waals surface area contributed by atoms with Crippen LogP contribution in [0.4, 0.5) is 0 Å². The van der Waals surface area contributed by atoms with Gasteiger partial charge in [-0.3, -0.25) is 4.79 Å². The van der Waals surface area contributed by atoms with Crippen molar-refractivity contribution >= 4 is 5.91 Å². The lowest BCUT2D eigenvalue weighted by molar-refractivity contribution is -0.130. The van der Waals surface area contributed by atoms with Crippen molar-refractivity contribution in [3.05, 3.63) is 29.8 Å². The van der Waals surface area contributed by atoms with Gasteiger partial charge < -0.3 is 19.9 Å². The molecule has 1 saturated carbocycles. The first kappa shape index (κ1) is 19.2. The van der Waals surface area contributed by atoms with Gasteiger partial charge in [-0.05, 0) is 30.5 Å². The number of methoxy groups -OCH3 is 1. The number of hydrogen-bond donors (Lipinski definition) is 2. The normalized spacial score (nSPS) is 17.3. The summed E-state index contributed by atoms with van der Waals surface area (Å²) in [6.07, 6.45) is 3.25. The summed E-state index contributed by atoms with van der Waals surface area (Å²) in [6.45, 7) is 0.577. The van der Waals surface area contributed by atoms with Gasteiger partial charge in [-0.2, -0.15) is 5.26 Å². The Labute approximate surface area is 148 Å². The van der Waals surface area contributed by atoms with Crippen molar-refractivity contribution in [3.8, 4) is 11.8 Å². The van der Waals surface area contributed by atoms with Crippen LogP contribution in [-0.4, -0.2) is 37.4 Å². The molecule has 1 amide bonds. The highest BCUT2D eigenvalue weighted by atomic mass is 16.5. The fourth-order valence-corrected chi connectivity index (χ4v) is 3.02. The van der Waals surface area contributed by atoms with Crippen LogP contribution in [0.3, 0.4) is 0 Å². The van der Waals surface area contributed by atoms with Gasteiger partial charge in [0.2, 0.25) is 5.91 Å². The third-order valence-corrected chi connectivity index (χ3v) is 4.59. The lowest BCUT2D eigenvalue weighted by Crippen LogP contribution is -2.44. The predicted molar refractivity (Wildman–Crippen MR) is 92.8 cm³/mol. The van der Waals surface area contributed by atoms with E-state index in [0.29, 0.717) is 19.4 Å². The minimum atomic E-state index is -0.929. The molecule has 1 aliphatic rings. The summed E-state index contributed by atoms with van der Waals surface area (Å²) in [7, 11) is 1.61. The van der Waals surface area contributed by atoms with Gasteiger partial charge in [0, 0.05) is 6.54 Å². The molecule has 0 radical (unpaired) electrons. The van der Waals surface area contributed by atoms with Crippen LogP contribution in [0.2, 0.25) is 0 Å². The lowest BCUT2D eigenvalue weighted by Gasteiger charge is -2.29. The van der Waals surface area contributed by atoms with Crippen LogP contribution in [0.5, 0.6) is 5.75 Å². The molecule has 0 aliphatic heterocycles. The van der Waals surface area contributed by atoms with Crippen molar-refractivity contribution in [1.29, 1.82) is 5.26 Å². The Morgan fingerprint density at radius 3 is 2.60 bits per heavy atom. The molecule has 2 rings (SSSR count). The van der Waals surface area contributed by atoms with Gasteiger partial charge in [-0.15, -0.1) is 0 Å². The number of hydrogen-bond acceptors (Lipinski definition) is 5. The monoisotopic (exact) mass is 346 g/mol. The zero-order chi connectivity index (χ0) is 18.1. The van der Waals surface area contributed by atoms with E-state index in [4.69, 9.17) is 9.47 Å². The fraction of sp³-hybridized carbons (Fsp3) is 0.579. The molecule has 6 heteroatoms. The number of amides is 1. The molecule has 1 aromatic carbocycles. The molecule has 1 aromatic rings. The molecule has 1 aliphatic carbocycles. The van der Waals surface area contributed by atoms with Crippen molar-refractivity contribution in [2.75, 3.05) is 20.3 Å². The van der Waals surface area contributed by atoms with Crippen LogP contribution in [-0.2, 0) is 16.1 Å². The molecule has 0 unspecified atom stereocenters. The van der Waals surface area contributed by atoms with E-state index in [2.05, 4.69) is 11.4 Å². The van der Waals surface area contributed by atoms with Crippen LogP contribution in [0.25, 0.3) is 0 Å². The SMILES string of the molecule is COc1ccc(COC[C@H](O)CNC(=O)C2(C#N)CCCCC2)cc1. The number of benzene rings is 1. The van der Waals surface area contributed by atoms with Crippen molar-refractivity contribution in [3.63, 3.8) is 0 Å². The second kappa shape index (κ2) is 9.40. The van der Waals surface area contributed by atoms with Gasteiger partial charge >= 0.3 is 0 Å². The number of nitrogens with one attached hydrogen (secondary N) is 1. The van der Waals surface area contributed by atoms with Crippen LogP contribution >= 0.6 is 0 Å². The van der Waals surface area contributed by atoms with Crippen molar-refractivity contribution in [2.45, 2.75) is 44.8 Å². The molecule has 1 fully saturated rings. The average Bonchev–Trinajstić information content (AvgIpc) is 2.67. The number of nitriles is 1. The largest absolute Gasteiger partial charge is 0.497 e. The summed E-state index contributed by atoms with van der Waals surface area (Å²) >= 11 is 0. The van der Waals surface area contributed by atoms with Gasteiger partial charge in [0.05, 0.1) is 32.5 Å². The second-order valence-corrected chi connectivity index (χ2v) is 6.48. The molecule has 2 N–H and O–H groups in total. The fourth-order valence-electron chi connectivity index (χ4n) is 3.02. The quantitative estimate of drug-likeness (QED) is 0.753. The van der Waals surface area contributed by atoms with Gasteiger partial charge in [0.1, 0.15) is 11.2 Å². The number of carbonyl (C=O) groups excluding carboxylic acids is 1. The summed E-state index contributed by atoms with van der Waals surface area (Å²) in [4.78, 5) is 12.3. The Morgan fingerprint density at radius 2 is 2.00 bits per heavy atom. The van der Waals surface area contributed by atoms with E-state index in [1.54, 1.807) is 7.11 Å². The van der Waals surface area contributed by atoms with E-state index in [-0.39, 0.29) is 19.1 Å². The summed E-state index contributed by atoms with van der Waals surface area (Å²) in [5.41, 5.74) is 0.0460. The summed E-state index contributed by atoms with van der Waals surface area (Å²) in [5.74, 6) is 0.504. The molecular formula is C19H26N2O4. The Kier molecular flexibility index (Phi) is 7.23. The van der Waals surface area contributed by atoms with Gasteiger partial charge in [0.15, 0.2) is 0 Å². The maximum Gasteiger partial charge on any atom is 0.240 e. The van der Waals surface area contributed by atoms with E-state index < -0.39 is 11.5 Å². The molecule has 0 aromatic heterocycles. The Hall–Kier alpha value is -2.10. The Bertz CT molecular complexity index is 588. The van der Waals surface area contributed by atoms with E-state index in [0.717, 1.165) is 30.6 Å². The molecule has 6 nitrogen and oxygen atoms in total. The zero-order valence-corrected chi connectivity index (χ0v) is 14.7. The third-order valence-electron chi connectivity index (χ3n) is 4.59. The molecule has 136 valence electrons. The van der Waals surface area contributed by atoms with Gasteiger partial charge in [-0.25, -0.2) is 0 Å². The predicted octanol–water partition coefficient (Wildman–Crippen LogP) is 2.16. The average molecular weight is 346 g/mol. The number of aliphatic hydroxyl groups excluding tert-OH is 1. The summed E-state index contributed by atoms with van der Waals surface area (Å²) in [5, 5.41) is 22.0. The summed E-state index contributed by atoms with van der Waals surface area (Å²) in [6, 6.07) is 9.67. The summed E-state index contributed by atoms with van der Waals surface area (Å²) < 4.78 is 10.6. The molecule has 25 heavy (non-hydrogen) atoms. The number of rotatable bonds is 8. The van der Waals surface area contributed by atoms with Crippen LogP contribution in [0, 0.1) is 16.7 Å². The minimum absolute atomic E-state index is 0.0882. The molecule has 0 saturated heterocycles. The second-order valence-electron chi connectivity index (χ2n) is 6.48. The van der Waals surface area contributed by atoms with Crippen LogP contribution < -0.4 is 10.1 Å². The first-order valence-corrected chi connectivity index (χ1v) is 8.68. The molecule has 0 bridgehead atoms. The molecule has 0 spiro atoms. The lowest BCUT2D eigenvalue weighted by atomic mass is 9.74. The van der Waals surface area contributed by atoms with E-state index in [1.165, 1.54) is 0 Å². The van der Waals surface area contributed by atoms with E-state index >= 15 is 0 Å². The standard InChI is InChI=1S/C19H26N2O4/c1-24-17-7-5-15(6-8-17)12-25-13-16(22)11-21-18(23)19(14-20)9-3-2-4-10-19/h5-8,16,22H,2-4,9-13H2,1H3,(H,21,23)/t16-/m1/s1. The van der Waals surface area contributed by atoms with E-state index in [1.807, 2.05) is 24.3 Å². The number of aliphatic hydroxyl groups is 1. The van der Waals surface area contributed by atoms with Gasteiger partial charge in [-0.1, -0.05) is 31.4 Å². The highest BCUT2D eigenvalue weighted by Crippen LogP contribution is 2.35. The minimum Gasteiger partial charge on any atom is -0.497 e. The number of ether oxygens (including phenoxy) is 2. The first-order valence-electron chi connectivity index (χ1n) is 8.68. The topological polar surface area (TPSA) is 91.6 Å². The maximum atomic E-state index is 12.3. The number of carbonyl (C=O) groups is 1. The Morgan fingerprint density at radius 1 is 1.32 bits per heavy atom. The highest BCUT2D eigenvalue weighted by molar-refractivity contribution is 5.85. The van der Waals surface area contributed by atoms with Crippen molar-refractivity contribution < 1.29 is 19.4 Å². The van der Waals surface area contributed by atoms with Crippen molar-refractivity contribution in [1.82, 2.24) is 5.32 Å². The zero-order valence-electron chi connectivity index (χ0n) is 14.7. The highest BCUT2D eigenvalue weighted by Gasteiger charge is 2.39. The third kappa shape index (κ3) is 5.45. The molecule has 1 atom stereocenters. The molecule has 0 heterocycles. The maximum absolute atomic E-state index is 12.3. The van der Waals surface area contributed by atoms with E-state index in [9.17, 15) is 15.2 Å². The smallest absolute Gasteiger partial charge is 0.240 e. The van der Waals surface area contributed by atoms with Crippen molar-refractivity contribution in [2.24, 2.45) is 5.41 Å². The van der Waals surface area contributed by atoms with Crippen LogP contribution in [0.15, 0.2) is 24.3 Å². The molecular weight excluding hydrogens is 320 g/mol. The van der Waals surface area contributed by atoms with Gasteiger partial charge in [0.25, 0.3) is 0 Å².